The number of carbonyl (C=O) groups is 1. The molecule has 1 aliphatic rings. The number of carbonyl (C=O) groups excluding carboxylic acids is 1. The molecular weight excluding hydrogens is 354 g/mol. The molecule has 0 aliphatic carbocycles. The van der Waals surface area contributed by atoms with Gasteiger partial charge >= 0.3 is 0 Å². The second kappa shape index (κ2) is 7.15. The van der Waals surface area contributed by atoms with Gasteiger partial charge in [0.25, 0.3) is 5.91 Å². The summed E-state index contributed by atoms with van der Waals surface area (Å²) in [6.07, 6.45) is 0. The highest BCUT2D eigenvalue weighted by atomic mass is 79.9. The SMILES string of the molecule is C[NH+]1CCN(c2ccc(NC(=O)c3ccc(Br)cc3)cc2)CC1. The van der Waals surface area contributed by atoms with Crippen molar-refractivity contribution in [2.45, 2.75) is 0 Å². The van der Waals surface area contributed by atoms with E-state index in [-0.39, 0.29) is 5.91 Å². The molecule has 5 heteroatoms. The Morgan fingerprint density at radius 2 is 1.65 bits per heavy atom. The number of hydrogen-bond acceptors (Lipinski definition) is 2. The molecule has 4 nitrogen and oxygen atoms in total. The van der Waals surface area contributed by atoms with E-state index in [0.29, 0.717) is 5.56 Å². The van der Waals surface area contributed by atoms with Gasteiger partial charge < -0.3 is 15.1 Å². The number of nitrogens with zero attached hydrogens (tertiary/aromatic N) is 1. The van der Waals surface area contributed by atoms with Crippen LogP contribution in [0.4, 0.5) is 11.4 Å². The Morgan fingerprint density at radius 3 is 2.26 bits per heavy atom. The lowest BCUT2D eigenvalue weighted by molar-refractivity contribution is -0.880. The second-order valence-electron chi connectivity index (χ2n) is 5.95. The number of anilines is 2. The summed E-state index contributed by atoms with van der Waals surface area (Å²) < 4.78 is 0.965. The van der Waals surface area contributed by atoms with Gasteiger partial charge in [0, 0.05) is 21.4 Å². The maximum Gasteiger partial charge on any atom is 0.255 e. The Morgan fingerprint density at radius 1 is 1.04 bits per heavy atom. The number of quaternary nitrogens is 1. The minimum atomic E-state index is -0.0894. The molecule has 0 bridgehead atoms. The summed E-state index contributed by atoms with van der Waals surface area (Å²) in [6.45, 7) is 4.50. The van der Waals surface area contributed by atoms with Crippen LogP contribution in [0.25, 0.3) is 0 Å². The van der Waals surface area contributed by atoms with Crippen molar-refractivity contribution in [3.63, 3.8) is 0 Å². The fourth-order valence-corrected chi connectivity index (χ4v) is 2.97. The van der Waals surface area contributed by atoms with Crippen LogP contribution in [-0.2, 0) is 0 Å². The predicted molar refractivity (Wildman–Crippen MR) is 97.4 cm³/mol. The highest BCUT2D eigenvalue weighted by molar-refractivity contribution is 9.10. The van der Waals surface area contributed by atoms with Crippen LogP contribution >= 0.6 is 15.9 Å². The molecule has 3 rings (SSSR count). The van der Waals surface area contributed by atoms with Gasteiger partial charge in [-0.1, -0.05) is 15.9 Å². The zero-order valence-electron chi connectivity index (χ0n) is 13.2. The van der Waals surface area contributed by atoms with E-state index >= 15 is 0 Å². The van der Waals surface area contributed by atoms with E-state index in [1.807, 2.05) is 24.3 Å². The molecule has 1 heterocycles. The van der Waals surface area contributed by atoms with Gasteiger partial charge in [-0.3, -0.25) is 4.79 Å². The number of amides is 1. The fraction of sp³-hybridized carbons (Fsp3) is 0.278. The number of rotatable bonds is 3. The van der Waals surface area contributed by atoms with Crippen LogP contribution in [0, 0.1) is 0 Å². The van der Waals surface area contributed by atoms with Crippen molar-refractivity contribution in [2.75, 3.05) is 43.4 Å². The highest BCUT2D eigenvalue weighted by Crippen LogP contribution is 2.19. The van der Waals surface area contributed by atoms with Gasteiger partial charge in [0.05, 0.1) is 33.2 Å². The summed E-state index contributed by atoms with van der Waals surface area (Å²) in [5.74, 6) is -0.0894. The molecule has 2 N–H and O–H groups in total. The van der Waals surface area contributed by atoms with E-state index in [2.05, 4.69) is 45.3 Å². The highest BCUT2D eigenvalue weighted by Gasteiger charge is 2.16. The lowest BCUT2D eigenvalue weighted by Crippen LogP contribution is -3.12. The maximum atomic E-state index is 12.2. The summed E-state index contributed by atoms with van der Waals surface area (Å²) in [4.78, 5) is 16.2. The Hall–Kier alpha value is -1.85. The monoisotopic (exact) mass is 374 g/mol. The minimum Gasteiger partial charge on any atom is -0.360 e. The molecule has 23 heavy (non-hydrogen) atoms. The predicted octanol–water partition coefficient (Wildman–Crippen LogP) is 2.04. The molecule has 2 aromatic carbocycles. The molecule has 1 aliphatic heterocycles. The van der Waals surface area contributed by atoms with Gasteiger partial charge in [0.15, 0.2) is 0 Å². The Kier molecular flexibility index (Phi) is 4.98. The van der Waals surface area contributed by atoms with Crippen LogP contribution in [0.5, 0.6) is 0 Å². The molecule has 0 spiro atoms. The van der Waals surface area contributed by atoms with Crippen molar-refractivity contribution >= 4 is 33.2 Å². The molecule has 1 fully saturated rings. The van der Waals surface area contributed by atoms with E-state index in [0.717, 1.165) is 23.2 Å². The first-order chi connectivity index (χ1) is 11.1. The number of piperazine rings is 1. The molecule has 1 saturated heterocycles. The van der Waals surface area contributed by atoms with E-state index in [1.165, 1.54) is 18.8 Å². The summed E-state index contributed by atoms with van der Waals surface area (Å²) in [7, 11) is 2.23. The molecular formula is C18H21BrN3O+. The van der Waals surface area contributed by atoms with Gasteiger partial charge in [-0.2, -0.15) is 0 Å². The third-order valence-electron chi connectivity index (χ3n) is 4.21. The molecule has 2 aromatic rings. The first-order valence-electron chi connectivity index (χ1n) is 7.85. The summed E-state index contributed by atoms with van der Waals surface area (Å²) in [5, 5.41) is 2.94. The van der Waals surface area contributed by atoms with Gasteiger partial charge in [-0.25, -0.2) is 0 Å². The third kappa shape index (κ3) is 4.12. The minimum absolute atomic E-state index is 0.0894. The average Bonchev–Trinajstić information content (AvgIpc) is 2.57. The normalized spacial score (nSPS) is 15.5. The van der Waals surface area contributed by atoms with E-state index in [4.69, 9.17) is 0 Å². The zero-order chi connectivity index (χ0) is 16.2. The molecule has 120 valence electrons. The first-order valence-corrected chi connectivity index (χ1v) is 8.64. The number of likely N-dealkylation sites (N-methyl/N-ethyl adjacent to an activating group) is 1. The lowest BCUT2D eigenvalue weighted by atomic mass is 10.2. The molecule has 1 amide bonds. The molecule has 0 radical (unpaired) electrons. The van der Waals surface area contributed by atoms with Crippen LogP contribution in [-0.4, -0.2) is 39.1 Å². The number of nitrogens with one attached hydrogen (secondary N) is 2. The van der Waals surface area contributed by atoms with Crippen LogP contribution < -0.4 is 15.1 Å². The van der Waals surface area contributed by atoms with Gasteiger partial charge in [0.1, 0.15) is 0 Å². The number of benzene rings is 2. The molecule has 0 saturated carbocycles. The second-order valence-corrected chi connectivity index (χ2v) is 6.87. The molecule has 0 unspecified atom stereocenters. The van der Waals surface area contributed by atoms with Crippen molar-refractivity contribution in [1.29, 1.82) is 0 Å². The fourth-order valence-electron chi connectivity index (χ4n) is 2.71. The van der Waals surface area contributed by atoms with Crippen LogP contribution in [0.15, 0.2) is 53.0 Å². The standard InChI is InChI=1S/C18H20BrN3O/c1-21-10-12-22(13-11-21)17-8-6-16(7-9-17)20-18(23)14-2-4-15(19)5-3-14/h2-9H,10-13H2,1H3,(H,20,23)/p+1. The van der Waals surface area contributed by atoms with E-state index in [1.54, 1.807) is 17.0 Å². The maximum absolute atomic E-state index is 12.2. The van der Waals surface area contributed by atoms with Gasteiger partial charge in [-0.15, -0.1) is 0 Å². The van der Waals surface area contributed by atoms with E-state index in [9.17, 15) is 4.79 Å². The van der Waals surface area contributed by atoms with E-state index < -0.39 is 0 Å². The van der Waals surface area contributed by atoms with Crippen LogP contribution in [0.1, 0.15) is 10.4 Å². The summed E-state index contributed by atoms with van der Waals surface area (Å²) in [6, 6.07) is 15.5. The van der Waals surface area contributed by atoms with Gasteiger partial charge in [-0.05, 0) is 48.5 Å². The van der Waals surface area contributed by atoms with Crippen molar-refractivity contribution in [3.05, 3.63) is 58.6 Å². The van der Waals surface area contributed by atoms with Crippen LogP contribution in [0.3, 0.4) is 0 Å². The number of halogens is 1. The van der Waals surface area contributed by atoms with Crippen molar-refractivity contribution in [3.8, 4) is 0 Å². The summed E-state index contributed by atoms with van der Waals surface area (Å²) in [5.41, 5.74) is 2.69. The Bertz CT molecular complexity index is 662. The van der Waals surface area contributed by atoms with Crippen molar-refractivity contribution < 1.29 is 9.69 Å². The average molecular weight is 375 g/mol. The largest absolute Gasteiger partial charge is 0.360 e. The number of hydrogen-bond donors (Lipinski definition) is 2. The quantitative estimate of drug-likeness (QED) is 0.862. The Labute approximate surface area is 145 Å². The first kappa shape index (κ1) is 16.0. The topological polar surface area (TPSA) is 36.8 Å². The van der Waals surface area contributed by atoms with Crippen molar-refractivity contribution in [1.82, 2.24) is 0 Å². The summed E-state index contributed by atoms with van der Waals surface area (Å²) >= 11 is 3.37. The molecule has 0 aromatic heterocycles. The molecule has 0 atom stereocenters. The smallest absolute Gasteiger partial charge is 0.255 e. The van der Waals surface area contributed by atoms with Crippen molar-refractivity contribution in [2.24, 2.45) is 0 Å². The lowest BCUT2D eigenvalue weighted by Gasteiger charge is -2.31. The zero-order valence-corrected chi connectivity index (χ0v) is 14.8. The third-order valence-corrected chi connectivity index (χ3v) is 4.74. The van der Waals surface area contributed by atoms with Crippen LogP contribution in [0.2, 0.25) is 0 Å². The Balaban J connectivity index is 1.63. The van der Waals surface area contributed by atoms with Gasteiger partial charge in [0.2, 0.25) is 0 Å².